The molecule has 0 fully saturated rings. The summed E-state index contributed by atoms with van der Waals surface area (Å²) in [5, 5.41) is 12.8. The zero-order valence-electron chi connectivity index (χ0n) is 83.6. The molecule has 706 valence electrons. The Morgan fingerprint density at radius 3 is 0.933 bits per heavy atom. The largest absolute Gasteiger partial charge is 0.309 e. The SMILES string of the molecule is CC1(C)c2ccccc2-c2nc(-c3cccc(-n4c5ccccc5c5c4ccc4c6ccccc6n(-c6ccccc6)c45)c3)nc(-c3ccccc3)c21.CC1(C)c2ccccc2-c2nc(-c3cccc(-n4c5ccccc5c5c6c(ccc54)-c4ccccc4C6(C)C)c3)nc(-c3ccccc3)c21.CC1(C)c2ccccc2-c2nc(-c3cccc(-n4c5ccccc5c5c6sc7ccccc7c6ccc54)c3)nc(-c3ccccc3)c21. The number of hydrogen-bond donors (Lipinski definition) is 0. The fourth-order valence-electron chi connectivity index (χ4n) is 25.8. The summed E-state index contributed by atoms with van der Waals surface area (Å²) in [6.07, 6.45) is 0. The molecule has 0 radical (unpaired) electrons. The molecule has 10 nitrogen and oxygen atoms in total. The molecule has 4 aliphatic carbocycles. The summed E-state index contributed by atoms with van der Waals surface area (Å²) in [6, 6.07) is 161. The average Bonchev–Trinajstić information content (AvgIpc) is 1.54. The van der Waals surface area contributed by atoms with Crippen molar-refractivity contribution in [3.8, 4) is 136 Å². The predicted molar refractivity (Wildman–Crippen MR) is 619 cm³/mol. The number of nitrogens with zero attached hydrogens (tertiary/aromatic N) is 10. The second-order valence-electron chi connectivity index (χ2n) is 42.2. The summed E-state index contributed by atoms with van der Waals surface area (Å²) in [5.41, 5.74) is 42.1. The molecule has 0 saturated heterocycles. The van der Waals surface area contributed by atoms with E-state index in [1.165, 1.54) is 169 Å². The van der Waals surface area contributed by atoms with E-state index < -0.39 is 0 Å². The van der Waals surface area contributed by atoms with Crippen LogP contribution in [0.1, 0.15) is 99.9 Å². The van der Waals surface area contributed by atoms with E-state index in [9.17, 15) is 0 Å². The highest BCUT2D eigenvalue weighted by Gasteiger charge is 2.45. The van der Waals surface area contributed by atoms with Crippen LogP contribution in [-0.2, 0) is 21.7 Å². The van der Waals surface area contributed by atoms with E-state index in [1.54, 1.807) is 0 Å². The van der Waals surface area contributed by atoms with Crippen molar-refractivity contribution in [3.05, 3.63) is 493 Å². The lowest BCUT2D eigenvalue weighted by molar-refractivity contribution is 0.657. The summed E-state index contributed by atoms with van der Waals surface area (Å²) in [6.45, 7) is 18.5. The monoisotopic (exact) mass is 1930 g/mol. The van der Waals surface area contributed by atoms with Gasteiger partial charge in [0.05, 0.1) is 78.3 Å². The molecule has 149 heavy (non-hydrogen) atoms. The number of thiophene rings is 1. The summed E-state index contributed by atoms with van der Waals surface area (Å²) in [7, 11) is 0. The zero-order valence-corrected chi connectivity index (χ0v) is 84.4. The molecule has 27 aromatic rings. The Balaban J connectivity index is 0.000000105. The molecular weight excluding hydrogens is 1830 g/mol. The van der Waals surface area contributed by atoms with E-state index in [0.29, 0.717) is 0 Å². The van der Waals surface area contributed by atoms with Crippen molar-refractivity contribution < 1.29 is 0 Å². The van der Waals surface area contributed by atoms with Gasteiger partial charge in [0, 0.05) is 174 Å². The van der Waals surface area contributed by atoms with E-state index in [4.69, 9.17) is 29.9 Å². The molecule has 0 spiro atoms. The van der Waals surface area contributed by atoms with E-state index in [2.05, 4.69) is 523 Å². The van der Waals surface area contributed by atoms with Gasteiger partial charge in [0.2, 0.25) is 0 Å². The number of aromatic nitrogens is 10. The van der Waals surface area contributed by atoms with Crippen molar-refractivity contribution in [2.24, 2.45) is 0 Å². The Hall–Kier alpha value is -18.2. The van der Waals surface area contributed by atoms with Gasteiger partial charge in [0.1, 0.15) is 0 Å². The van der Waals surface area contributed by atoms with Crippen molar-refractivity contribution in [2.45, 2.75) is 77.0 Å². The Labute approximate surface area is 866 Å². The van der Waals surface area contributed by atoms with Crippen LogP contribution >= 0.6 is 11.3 Å². The van der Waals surface area contributed by atoms with Crippen LogP contribution < -0.4 is 0 Å². The molecule has 19 aromatic carbocycles. The minimum absolute atomic E-state index is 0.113. The van der Waals surface area contributed by atoms with Gasteiger partial charge in [-0.05, 0) is 136 Å². The summed E-state index contributed by atoms with van der Waals surface area (Å²) in [5.74, 6) is 2.21. The van der Waals surface area contributed by atoms with Crippen LogP contribution in [0.2, 0.25) is 0 Å². The molecule has 8 heterocycles. The molecule has 11 heteroatoms. The first kappa shape index (κ1) is 87.4. The normalized spacial score (nSPS) is 13.9. The van der Waals surface area contributed by atoms with Crippen molar-refractivity contribution >= 4 is 119 Å². The smallest absolute Gasteiger partial charge is 0.160 e. The number of para-hydroxylation sites is 5. The fourth-order valence-corrected chi connectivity index (χ4v) is 27.0. The van der Waals surface area contributed by atoms with Crippen molar-refractivity contribution in [3.63, 3.8) is 0 Å². The third kappa shape index (κ3) is 13.1. The highest BCUT2D eigenvalue weighted by Crippen LogP contribution is 2.59. The first-order valence-corrected chi connectivity index (χ1v) is 52.4. The van der Waals surface area contributed by atoms with E-state index in [1.807, 2.05) is 11.3 Å². The highest BCUT2D eigenvalue weighted by molar-refractivity contribution is 7.26. The van der Waals surface area contributed by atoms with Crippen LogP contribution in [0.4, 0.5) is 0 Å². The second-order valence-corrected chi connectivity index (χ2v) is 43.3. The maximum Gasteiger partial charge on any atom is 0.160 e. The van der Waals surface area contributed by atoms with Crippen LogP contribution in [0, 0.1) is 0 Å². The Kier molecular flexibility index (Phi) is 19.5. The number of rotatable bonds is 10. The quantitative estimate of drug-likeness (QED) is 0.135. The van der Waals surface area contributed by atoms with Gasteiger partial charge in [0.25, 0.3) is 0 Å². The summed E-state index contributed by atoms with van der Waals surface area (Å²) < 4.78 is 12.3. The third-order valence-corrected chi connectivity index (χ3v) is 33.6. The number of benzene rings is 19. The summed E-state index contributed by atoms with van der Waals surface area (Å²) >= 11 is 1.89. The van der Waals surface area contributed by atoms with Crippen LogP contribution in [0.25, 0.3) is 243 Å². The van der Waals surface area contributed by atoms with Crippen LogP contribution in [0.3, 0.4) is 0 Å². The molecule has 0 unspecified atom stereocenters. The van der Waals surface area contributed by atoms with Gasteiger partial charge in [-0.1, -0.05) is 407 Å². The number of fused-ring (bicyclic) bond motifs is 30. The van der Waals surface area contributed by atoms with Gasteiger partial charge < -0.3 is 18.3 Å². The van der Waals surface area contributed by atoms with Crippen molar-refractivity contribution in [1.82, 2.24) is 48.2 Å². The first-order chi connectivity index (χ1) is 73.0. The average molecular weight is 1930 g/mol. The van der Waals surface area contributed by atoms with Crippen molar-refractivity contribution in [2.75, 3.05) is 0 Å². The lowest BCUT2D eigenvalue weighted by Crippen LogP contribution is -2.17. The van der Waals surface area contributed by atoms with Gasteiger partial charge in [-0.25, -0.2) is 29.9 Å². The van der Waals surface area contributed by atoms with Gasteiger partial charge >= 0.3 is 0 Å². The van der Waals surface area contributed by atoms with Crippen molar-refractivity contribution in [1.29, 1.82) is 0 Å². The van der Waals surface area contributed by atoms with E-state index in [0.717, 1.165) is 119 Å². The molecule has 8 aromatic heterocycles. The Morgan fingerprint density at radius 2 is 0.490 bits per heavy atom. The van der Waals surface area contributed by atoms with Gasteiger partial charge in [-0.2, -0.15) is 0 Å². The molecule has 0 saturated carbocycles. The van der Waals surface area contributed by atoms with E-state index in [-0.39, 0.29) is 21.7 Å². The Bertz CT molecular complexity index is 10300. The molecule has 0 bridgehead atoms. The second kappa shape index (κ2) is 33.2. The lowest BCUT2D eigenvalue weighted by atomic mass is 9.80. The minimum Gasteiger partial charge on any atom is -0.309 e. The van der Waals surface area contributed by atoms with E-state index >= 15 is 0 Å². The minimum atomic E-state index is -0.228. The standard InChI is InChI=1S/C49H34N4.C46H35N3.C43H29N3S/c1-49(2)39-25-12-9-23-37(39)46-44(49)45(31-16-5-3-6-17-31)50-48(51-46)32-18-15-21-34(30-32)52-41-27-14-11-24-38(41)43-42(52)29-28-36-35-22-10-13-26-40(35)53(47(36)43)33-19-7-4-8-20-33;1-45(2)35-22-11-8-19-31(35)32-25-26-38-39(40(32)45)34-21-10-13-24-37(34)49(38)30-18-14-17-29(27-30)44-47-42(28-15-6-5-7-16-28)41-43(48-44)33-20-9-12-23-36(33)46(41,3)4;1-43(2)33-20-9-6-18-31(33)40-38(43)39(26-13-4-3-5-14-26)44-42(45-40)27-15-12-16-28(25-27)46-34-21-10-7-19-32(34)37-35(46)24-23-30-29-17-8-11-22-36(29)47-41(30)37/h3-30H,1-2H3;5-27H,1-4H3;3-25H,1-2H3. The maximum atomic E-state index is 5.40. The highest BCUT2D eigenvalue weighted by atomic mass is 32.1. The molecule has 4 aliphatic rings. The first-order valence-electron chi connectivity index (χ1n) is 51.6. The zero-order chi connectivity index (χ0) is 99.6. The van der Waals surface area contributed by atoms with Gasteiger partial charge in [-0.3, -0.25) is 0 Å². The molecule has 0 atom stereocenters. The molecule has 0 amide bonds. The van der Waals surface area contributed by atoms with Crippen LogP contribution in [-0.4, -0.2) is 48.2 Å². The topological polar surface area (TPSA) is 97.1 Å². The lowest BCUT2D eigenvalue weighted by Gasteiger charge is -2.23. The maximum absolute atomic E-state index is 5.40. The fraction of sp³-hybridized carbons (Fsp3) is 0.0870. The Morgan fingerprint density at radius 1 is 0.188 bits per heavy atom. The van der Waals surface area contributed by atoms with Gasteiger partial charge in [0.15, 0.2) is 17.5 Å². The van der Waals surface area contributed by atoms with Crippen LogP contribution in [0.15, 0.2) is 449 Å². The summed E-state index contributed by atoms with van der Waals surface area (Å²) in [4.78, 5) is 32.2. The number of hydrogen-bond acceptors (Lipinski definition) is 7. The third-order valence-electron chi connectivity index (χ3n) is 32.4. The predicted octanol–water partition coefficient (Wildman–Crippen LogP) is 35.4. The molecular formula is C138H98N10S. The molecule has 31 rings (SSSR count). The molecule has 0 N–H and O–H groups in total. The van der Waals surface area contributed by atoms with Crippen LogP contribution in [0.5, 0.6) is 0 Å². The molecule has 0 aliphatic heterocycles. The van der Waals surface area contributed by atoms with Gasteiger partial charge in [-0.15, -0.1) is 11.3 Å².